The van der Waals surface area contributed by atoms with Gasteiger partial charge in [0.25, 0.3) is 0 Å². The van der Waals surface area contributed by atoms with Crippen LogP contribution >= 0.6 is 11.6 Å². The Balaban J connectivity index is 1.47. The molecule has 1 aromatic heterocycles. The third-order valence-electron chi connectivity index (χ3n) is 4.60. The number of urea groups is 1. The summed E-state index contributed by atoms with van der Waals surface area (Å²) in [6.07, 6.45) is 0. The molecule has 1 aliphatic rings. The summed E-state index contributed by atoms with van der Waals surface area (Å²) in [5, 5.41) is 9.11. The second-order valence-corrected chi connectivity index (χ2v) is 9.02. The molecule has 0 atom stereocenters. The Morgan fingerprint density at radius 1 is 1.03 bits per heavy atom. The van der Waals surface area contributed by atoms with E-state index in [1.54, 1.807) is 6.07 Å². The van der Waals surface area contributed by atoms with Gasteiger partial charge in [0, 0.05) is 24.7 Å². The van der Waals surface area contributed by atoms with Crippen molar-refractivity contribution in [2.24, 2.45) is 0 Å². The number of halogens is 1. The maximum Gasteiger partial charge on any atom is 0.324 e. The first kappa shape index (κ1) is 21.3. The molecular weight excluding hydrogens is 444 g/mol. The largest absolute Gasteiger partial charge is 0.379 e. The summed E-state index contributed by atoms with van der Waals surface area (Å²) in [6, 6.07) is 14.4. The van der Waals surface area contributed by atoms with Crippen LogP contribution in [0.2, 0.25) is 5.02 Å². The van der Waals surface area contributed by atoms with E-state index >= 15 is 0 Å². The van der Waals surface area contributed by atoms with Crippen LogP contribution in [-0.2, 0) is 14.8 Å². The summed E-state index contributed by atoms with van der Waals surface area (Å²) in [5.41, 5.74) is 0.966. The van der Waals surface area contributed by atoms with E-state index < -0.39 is 16.1 Å². The van der Waals surface area contributed by atoms with E-state index in [1.807, 2.05) is 30.3 Å². The lowest BCUT2D eigenvalue weighted by atomic mass is 10.2. The van der Waals surface area contributed by atoms with Crippen LogP contribution in [0.4, 0.5) is 16.3 Å². The number of hydrogen-bond acceptors (Lipinski definition) is 6. The molecular formula is C20H19ClN4O5S. The van der Waals surface area contributed by atoms with Crippen molar-refractivity contribution < 1.29 is 22.5 Å². The van der Waals surface area contributed by atoms with Crippen LogP contribution < -0.4 is 10.6 Å². The van der Waals surface area contributed by atoms with Crippen molar-refractivity contribution in [3.05, 3.63) is 59.6 Å². The zero-order valence-corrected chi connectivity index (χ0v) is 17.8. The average molecular weight is 463 g/mol. The van der Waals surface area contributed by atoms with Gasteiger partial charge in [-0.1, -0.05) is 47.1 Å². The van der Waals surface area contributed by atoms with Crippen molar-refractivity contribution in [2.45, 2.75) is 4.90 Å². The summed E-state index contributed by atoms with van der Waals surface area (Å²) in [6.45, 7) is 1.21. The van der Waals surface area contributed by atoms with Gasteiger partial charge in [-0.2, -0.15) is 4.31 Å². The minimum Gasteiger partial charge on any atom is -0.379 e. The van der Waals surface area contributed by atoms with Crippen LogP contribution in [-0.4, -0.2) is 50.2 Å². The molecule has 0 radical (unpaired) electrons. The number of aromatic nitrogens is 1. The lowest BCUT2D eigenvalue weighted by molar-refractivity contribution is 0.0730. The lowest BCUT2D eigenvalue weighted by Crippen LogP contribution is -2.40. The number of sulfonamides is 1. The van der Waals surface area contributed by atoms with Crippen LogP contribution in [0.25, 0.3) is 11.3 Å². The molecule has 2 aromatic carbocycles. The van der Waals surface area contributed by atoms with Crippen LogP contribution in [0, 0.1) is 0 Å². The number of nitrogens with zero attached hydrogens (tertiary/aromatic N) is 2. The predicted molar refractivity (Wildman–Crippen MR) is 116 cm³/mol. The summed E-state index contributed by atoms with van der Waals surface area (Å²) in [5.74, 6) is 0.692. The van der Waals surface area contributed by atoms with Gasteiger partial charge in [-0.25, -0.2) is 13.2 Å². The monoisotopic (exact) mass is 462 g/mol. The molecule has 1 fully saturated rings. The summed E-state index contributed by atoms with van der Waals surface area (Å²) in [7, 11) is -3.73. The Kier molecular flexibility index (Phi) is 6.23. The number of carbonyl (C=O) groups excluding carboxylic acids is 1. The van der Waals surface area contributed by atoms with Crippen molar-refractivity contribution in [3.63, 3.8) is 0 Å². The highest BCUT2D eigenvalue weighted by atomic mass is 35.5. The molecule has 1 aliphatic heterocycles. The second kappa shape index (κ2) is 9.06. The summed E-state index contributed by atoms with van der Waals surface area (Å²) in [4.78, 5) is 12.4. The Bertz CT molecular complexity index is 1180. The molecule has 1 saturated heterocycles. The molecule has 2 N–H and O–H groups in total. The molecule has 0 aliphatic carbocycles. The molecule has 0 spiro atoms. The van der Waals surface area contributed by atoms with Crippen molar-refractivity contribution in [1.29, 1.82) is 0 Å². The van der Waals surface area contributed by atoms with Crippen molar-refractivity contribution >= 4 is 39.2 Å². The SMILES string of the molecule is O=C(Nc1cc(-c2ccccc2)on1)Nc1cc(S(=O)(=O)N2CCOCC2)ccc1Cl. The van der Waals surface area contributed by atoms with E-state index in [0.29, 0.717) is 19.0 Å². The molecule has 3 aromatic rings. The van der Waals surface area contributed by atoms with E-state index in [9.17, 15) is 13.2 Å². The summed E-state index contributed by atoms with van der Waals surface area (Å²) < 4.78 is 37.5. The van der Waals surface area contributed by atoms with Crippen molar-refractivity contribution in [2.75, 3.05) is 36.9 Å². The van der Waals surface area contributed by atoms with Crippen LogP contribution in [0.15, 0.2) is 64.0 Å². The number of benzene rings is 2. The Morgan fingerprint density at radius 2 is 1.77 bits per heavy atom. The number of amides is 2. The zero-order chi connectivity index (χ0) is 21.8. The fraction of sp³-hybridized carbons (Fsp3) is 0.200. The highest BCUT2D eigenvalue weighted by Crippen LogP contribution is 2.28. The molecule has 0 bridgehead atoms. The number of morpholine rings is 1. The first-order valence-corrected chi connectivity index (χ1v) is 11.2. The van der Waals surface area contributed by atoms with Crippen LogP contribution in [0.5, 0.6) is 0 Å². The van der Waals surface area contributed by atoms with Gasteiger partial charge in [0.05, 0.1) is 28.8 Å². The van der Waals surface area contributed by atoms with E-state index in [4.69, 9.17) is 20.9 Å². The number of carbonyl (C=O) groups is 1. The minimum atomic E-state index is -3.73. The molecule has 0 saturated carbocycles. The molecule has 0 unspecified atom stereocenters. The topological polar surface area (TPSA) is 114 Å². The maximum atomic E-state index is 12.8. The van der Waals surface area contributed by atoms with Gasteiger partial charge in [0.1, 0.15) is 0 Å². The Morgan fingerprint density at radius 3 is 2.52 bits per heavy atom. The molecule has 162 valence electrons. The number of anilines is 2. The van der Waals surface area contributed by atoms with E-state index in [2.05, 4.69) is 15.8 Å². The molecule has 2 heterocycles. The minimum absolute atomic E-state index is 0.0295. The molecule has 4 rings (SSSR count). The highest BCUT2D eigenvalue weighted by Gasteiger charge is 2.27. The quantitative estimate of drug-likeness (QED) is 0.598. The third kappa shape index (κ3) is 4.88. The van der Waals surface area contributed by atoms with Crippen LogP contribution in [0.3, 0.4) is 0 Å². The van der Waals surface area contributed by atoms with Gasteiger partial charge in [-0.15, -0.1) is 0 Å². The van der Waals surface area contributed by atoms with Gasteiger partial charge in [-0.05, 0) is 18.2 Å². The molecule has 2 amide bonds. The smallest absolute Gasteiger partial charge is 0.324 e. The van der Waals surface area contributed by atoms with E-state index in [-0.39, 0.29) is 34.5 Å². The molecule has 11 heteroatoms. The van der Waals surface area contributed by atoms with Gasteiger partial charge in [0.2, 0.25) is 10.0 Å². The third-order valence-corrected chi connectivity index (χ3v) is 6.83. The number of rotatable bonds is 5. The Labute approximate surface area is 184 Å². The fourth-order valence-electron chi connectivity index (χ4n) is 3.04. The number of ether oxygens (including phenoxy) is 1. The van der Waals surface area contributed by atoms with E-state index in [0.717, 1.165) is 5.56 Å². The Hall–Kier alpha value is -2.92. The van der Waals surface area contributed by atoms with Gasteiger partial charge < -0.3 is 14.6 Å². The molecule has 31 heavy (non-hydrogen) atoms. The highest BCUT2D eigenvalue weighted by molar-refractivity contribution is 7.89. The first-order valence-electron chi connectivity index (χ1n) is 9.41. The maximum absolute atomic E-state index is 12.8. The van der Waals surface area contributed by atoms with Crippen LogP contribution in [0.1, 0.15) is 0 Å². The van der Waals surface area contributed by atoms with Crippen molar-refractivity contribution in [1.82, 2.24) is 9.46 Å². The standard InChI is InChI=1S/C20H19ClN4O5S/c21-16-7-6-15(31(27,28)25-8-10-29-11-9-25)12-17(16)22-20(26)23-19-13-18(30-24-19)14-4-2-1-3-5-14/h1-7,12-13H,8-11H2,(H2,22,23,24,26). The van der Waals surface area contributed by atoms with Gasteiger partial charge in [0.15, 0.2) is 11.6 Å². The van der Waals surface area contributed by atoms with Gasteiger partial charge in [-0.3, -0.25) is 5.32 Å². The van der Waals surface area contributed by atoms with E-state index in [1.165, 1.54) is 22.5 Å². The normalized spacial score (nSPS) is 14.9. The van der Waals surface area contributed by atoms with Crippen molar-refractivity contribution in [3.8, 4) is 11.3 Å². The zero-order valence-electron chi connectivity index (χ0n) is 16.2. The predicted octanol–water partition coefficient (Wildman–Crippen LogP) is 3.66. The summed E-state index contributed by atoms with van der Waals surface area (Å²) >= 11 is 6.16. The average Bonchev–Trinajstić information content (AvgIpc) is 3.24. The molecule has 9 nitrogen and oxygen atoms in total. The van der Waals surface area contributed by atoms with Gasteiger partial charge >= 0.3 is 6.03 Å². The number of nitrogens with one attached hydrogen (secondary N) is 2. The second-order valence-electron chi connectivity index (χ2n) is 6.68. The lowest BCUT2D eigenvalue weighted by Gasteiger charge is -2.26. The number of hydrogen-bond donors (Lipinski definition) is 2. The first-order chi connectivity index (χ1) is 14.9. The fourth-order valence-corrected chi connectivity index (χ4v) is 4.64.